The van der Waals surface area contributed by atoms with Gasteiger partial charge in [0.05, 0.1) is 0 Å². The van der Waals surface area contributed by atoms with E-state index in [9.17, 15) is 8.42 Å². The van der Waals surface area contributed by atoms with Crippen LogP contribution in [-0.4, -0.2) is 31.7 Å². The Morgan fingerprint density at radius 2 is 1.90 bits per heavy atom. The molecule has 114 valence electrons. The second kappa shape index (κ2) is 6.69. The lowest BCUT2D eigenvalue weighted by Gasteiger charge is -2.16. The standard InChI is InChI=1S/C13H24N4O2S/c1-10-12(9-14-2)13(16-15-10)20(18,19)17-11-7-5-3-4-6-8-11/h11,14,17H,3-9H2,1-2H3,(H,15,16). The molecule has 1 aromatic heterocycles. The van der Waals surface area contributed by atoms with Gasteiger partial charge in [-0.2, -0.15) is 5.10 Å². The van der Waals surface area contributed by atoms with Gasteiger partial charge < -0.3 is 5.32 Å². The quantitative estimate of drug-likeness (QED) is 0.718. The first-order valence-corrected chi connectivity index (χ1v) is 8.73. The van der Waals surface area contributed by atoms with Gasteiger partial charge in [-0.15, -0.1) is 0 Å². The second-order valence-corrected chi connectivity index (χ2v) is 7.10. The highest BCUT2D eigenvalue weighted by molar-refractivity contribution is 7.89. The number of hydrogen-bond acceptors (Lipinski definition) is 4. The Balaban J connectivity index is 2.17. The van der Waals surface area contributed by atoms with Crippen molar-refractivity contribution in [1.29, 1.82) is 0 Å². The van der Waals surface area contributed by atoms with Gasteiger partial charge in [-0.05, 0) is 26.8 Å². The summed E-state index contributed by atoms with van der Waals surface area (Å²) in [4.78, 5) is 0. The molecule has 7 heteroatoms. The summed E-state index contributed by atoms with van der Waals surface area (Å²) in [6.07, 6.45) is 6.43. The number of aromatic nitrogens is 2. The van der Waals surface area contributed by atoms with Crippen LogP contribution >= 0.6 is 0 Å². The third kappa shape index (κ3) is 3.59. The molecular formula is C13H24N4O2S. The molecule has 1 aliphatic carbocycles. The summed E-state index contributed by atoms with van der Waals surface area (Å²) < 4.78 is 27.8. The molecule has 1 saturated carbocycles. The Labute approximate surface area is 120 Å². The molecule has 0 bridgehead atoms. The SMILES string of the molecule is CNCc1c(S(=O)(=O)NC2CCCCCC2)n[nH]c1C. The van der Waals surface area contributed by atoms with Crippen LogP contribution in [0.2, 0.25) is 0 Å². The first kappa shape index (κ1) is 15.5. The predicted octanol–water partition coefficient (Wildman–Crippen LogP) is 1.44. The normalized spacial score (nSPS) is 18.1. The average Bonchev–Trinajstić information content (AvgIpc) is 2.62. The monoisotopic (exact) mass is 300 g/mol. The lowest BCUT2D eigenvalue weighted by atomic mass is 10.1. The summed E-state index contributed by atoms with van der Waals surface area (Å²) in [5.74, 6) is 0. The molecule has 2 rings (SSSR count). The fourth-order valence-electron chi connectivity index (χ4n) is 2.71. The number of H-pyrrole nitrogens is 1. The summed E-state index contributed by atoms with van der Waals surface area (Å²) >= 11 is 0. The molecule has 0 unspecified atom stereocenters. The molecule has 1 fully saturated rings. The zero-order chi connectivity index (χ0) is 14.6. The Bertz CT molecular complexity index is 531. The van der Waals surface area contributed by atoms with Crippen molar-refractivity contribution in [3.05, 3.63) is 11.3 Å². The van der Waals surface area contributed by atoms with E-state index in [0.717, 1.165) is 31.4 Å². The number of nitrogens with zero attached hydrogens (tertiary/aromatic N) is 1. The molecule has 1 aliphatic rings. The van der Waals surface area contributed by atoms with Crippen LogP contribution in [-0.2, 0) is 16.6 Å². The van der Waals surface area contributed by atoms with Crippen molar-refractivity contribution in [2.45, 2.75) is 63.1 Å². The fraction of sp³-hybridized carbons (Fsp3) is 0.769. The molecule has 6 nitrogen and oxygen atoms in total. The van der Waals surface area contributed by atoms with Crippen LogP contribution in [0, 0.1) is 6.92 Å². The number of sulfonamides is 1. The van der Waals surface area contributed by atoms with Gasteiger partial charge >= 0.3 is 0 Å². The van der Waals surface area contributed by atoms with Crippen molar-refractivity contribution in [2.24, 2.45) is 0 Å². The molecule has 0 spiro atoms. The minimum Gasteiger partial charge on any atom is -0.316 e. The van der Waals surface area contributed by atoms with E-state index in [1.165, 1.54) is 12.8 Å². The van der Waals surface area contributed by atoms with Gasteiger partial charge in [0.2, 0.25) is 0 Å². The number of rotatable bonds is 5. The van der Waals surface area contributed by atoms with Crippen LogP contribution in [0.3, 0.4) is 0 Å². The molecule has 0 atom stereocenters. The minimum atomic E-state index is -3.54. The zero-order valence-corrected chi connectivity index (χ0v) is 13.0. The first-order valence-electron chi connectivity index (χ1n) is 7.25. The summed E-state index contributed by atoms with van der Waals surface area (Å²) in [5.41, 5.74) is 1.51. The van der Waals surface area contributed by atoms with Crippen LogP contribution < -0.4 is 10.0 Å². The predicted molar refractivity (Wildman–Crippen MR) is 77.9 cm³/mol. The third-order valence-electron chi connectivity index (χ3n) is 3.82. The van der Waals surface area contributed by atoms with Gasteiger partial charge in [-0.1, -0.05) is 25.7 Å². The van der Waals surface area contributed by atoms with E-state index in [0.29, 0.717) is 12.1 Å². The van der Waals surface area contributed by atoms with Crippen molar-refractivity contribution in [3.63, 3.8) is 0 Å². The second-order valence-electron chi connectivity index (χ2n) is 5.47. The smallest absolute Gasteiger partial charge is 0.260 e. The van der Waals surface area contributed by atoms with E-state index in [-0.39, 0.29) is 11.1 Å². The highest BCUT2D eigenvalue weighted by atomic mass is 32.2. The van der Waals surface area contributed by atoms with E-state index >= 15 is 0 Å². The van der Waals surface area contributed by atoms with Crippen molar-refractivity contribution >= 4 is 10.0 Å². The maximum atomic E-state index is 12.5. The maximum absolute atomic E-state index is 12.5. The van der Waals surface area contributed by atoms with Crippen LogP contribution in [0.5, 0.6) is 0 Å². The molecule has 1 heterocycles. The van der Waals surface area contributed by atoms with Crippen molar-refractivity contribution in [3.8, 4) is 0 Å². The molecule has 0 aliphatic heterocycles. The van der Waals surface area contributed by atoms with Gasteiger partial charge in [0.1, 0.15) is 0 Å². The van der Waals surface area contributed by atoms with Crippen LogP contribution in [0.25, 0.3) is 0 Å². The lowest BCUT2D eigenvalue weighted by molar-refractivity contribution is 0.507. The fourth-order valence-corrected chi connectivity index (χ4v) is 4.21. The Hall–Kier alpha value is -0.920. The molecule has 20 heavy (non-hydrogen) atoms. The van der Waals surface area contributed by atoms with Gasteiger partial charge in [0, 0.05) is 23.8 Å². The van der Waals surface area contributed by atoms with Gasteiger partial charge in [-0.3, -0.25) is 5.10 Å². The van der Waals surface area contributed by atoms with E-state index in [2.05, 4.69) is 20.2 Å². The summed E-state index contributed by atoms with van der Waals surface area (Å²) in [6.45, 7) is 2.33. The molecule has 3 N–H and O–H groups in total. The highest BCUT2D eigenvalue weighted by Crippen LogP contribution is 2.21. The largest absolute Gasteiger partial charge is 0.316 e. The zero-order valence-electron chi connectivity index (χ0n) is 12.2. The van der Waals surface area contributed by atoms with Crippen LogP contribution in [0.1, 0.15) is 49.8 Å². The first-order chi connectivity index (χ1) is 9.54. The average molecular weight is 300 g/mol. The number of aromatic amines is 1. The molecule has 1 aromatic rings. The summed E-state index contributed by atoms with van der Waals surface area (Å²) in [7, 11) is -1.75. The van der Waals surface area contributed by atoms with Crippen molar-refractivity contribution in [2.75, 3.05) is 7.05 Å². The summed E-state index contributed by atoms with van der Waals surface area (Å²) in [5, 5.41) is 9.87. The molecule has 0 aromatic carbocycles. The van der Waals surface area contributed by atoms with Gasteiger partial charge in [-0.25, -0.2) is 13.1 Å². The Kier molecular flexibility index (Phi) is 5.17. The number of hydrogen-bond donors (Lipinski definition) is 3. The van der Waals surface area contributed by atoms with E-state index in [4.69, 9.17) is 0 Å². The van der Waals surface area contributed by atoms with Crippen LogP contribution in [0.4, 0.5) is 0 Å². The lowest BCUT2D eigenvalue weighted by Crippen LogP contribution is -2.35. The topological polar surface area (TPSA) is 86.9 Å². The van der Waals surface area contributed by atoms with Gasteiger partial charge in [0.15, 0.2) is 5.03 Å². The third-order valence-corrected chi connectivity index (χ3v) is 5.31. The van der Waals surface area contributed by atoms with E-state index in [1.54, 1.807) is 7.05 Å². The van der Waals surface area contributed by atoms with E-state index < -0.39 is 10.0 Å². The van der Waals surface area contributed by atoms with E-state index in [1.807, 2.05) is 6.92 Å². The van der Waals surface area contributed by atoms with Crippen LogP contribution in [0.15, 0.2) is 5.03 Å². The maximum Gasteiger partial charge on any atom is 0.260 e. The van der Waals surface area contributed by atoms with Gasteiger partial charge in [0.25, 0.3) is 10.0 Å². The van der Waals surface area contributed by atoms with Crippen molar-refractivity contribution < 1.29 is 8.42 Å². The molecule has 0 saturated heterocycles. The molecular weight excluding hydrogens is 276 g/mol. The van der Waals surface area contributed by atoms with Crippen molar-refractivity contribution in [1.82, 2.24) is 20.2 Å². The Morgan fingerprint density at radius 1 is 1.25 bits per heavy atom. The number of nitrogens with one attached hydrogen (secondary N) is 3. The molecule has 0 amide bonds. The molecule has 0 radical (unpaired) electrons. The highest BCUT2D eigenvalue weighted by Gasteiger charge is 2.26. The Morgan fingerprint density at radius 3 is 2.50 bits per heavy atom. The number of aryl methyl sites for hydroxylation is 1. The minimum absolute atomic E-state index is 0.0435. The summed E-state index contributed by atoms with van der Waals surface area (Å²) in [6, 6.07) is 0.0435.